The molecule has 1 aliphatic heterocycles. The Morgan fingerprint density at radius 3 is 2.57 bits per heavy atom. The zero-order chi connectivity index (χ0) is 10.7. The first-order chi connectivity index (χ1) is 6.54. The van der Waals surface area contributed by atoms with Gasteiger partial charge in [0.2, 0.25) is 5.91 Å². The Morgan fingerprint density at radius 2 is 2.14 bits per heavy atom. The topological polar surface area (TPSA) is 70.2 Å². The van der Waals surface area contributed by atoms with Crippen LogP contribution in [0.4, 0.5) is 0 Å². The molecule has 0 saturated carbocycles. The fraction of sp³-hybridized carbons (Fsp3) is 0.800. The highest BCUT2D eigenvalue weighted by Crippen LogP contribution is 2.18. The van der Waals surface area contributed by atoms with Crippen molar-refractivity contribution in [2.24, 2.45) is 11.7 Å². The van der Waals surface area contributed by atoms with Gasteiger partial charge in [0.25, 0.3) is 0 Å². The SMILES string of the molecule is CC(C)C(C(N)=O)N1CCCCC1=N. The minimum absolute atomic E-state index is 0.172. The van der Waals surface area contributed by atoms with Gasteiger partial charge in [-0.3, -0.25) is 10.2 Å². The second kappa shape index (κ2) is 4.44. The lowest BCUT2D eigenvalue weighted by molar-refractivity contribution is -0.123. The summed E-state index contributed by atoms with van der Waals surface area (Å²) in [5.41, 5.74) is 5.35. The first-order valence-electron chi connectivity index (χ1n) is 5.17. The standard InChI is InChI=1S/C10H19N3O/c1-7(2)9(10(12)14)13-6-4-3-5-8(13)11/h7,9,11H,3-6H2,1-2H3,(H2,12,14). The molecule has 0 spiro atoms. The summed E-state index contributed by atoms with van der Waals surface area (Å²) in [5.74, 6) is 0.423. The molecule has 1 rings (SSSR count). The van der Waals surface area contributed by atoms with Gasteiger partial charge in [0.05, 0.1) is 5.84 Å². The molecule has 4 nitrogen and oxygen atoms in total. The number of hydrogen-bond acceptors (Lipinski definition) is 2. The summed E-state index contributed by atoms with van der Waals surface area (Å²) in [7, 11) is 0. The summed E-state index contributed by atoms with van der Waals surface area (Å²) in [4.78, 5) is 13.1. The molecule has 0 radical (unpaired) electrons. The number of nitrogens with two attached hydrogens (primary N) is 1. The van der Waals surface area contributed by atoms with Gasteiger partial charge in [0.1, 0.15) is 6.04 Å². The van der Waals surface area contributed by atoms with E-state index >= 15 is 0 Å². The molecule has 4 heteroatoms. The highest BCUT2D eigenvalue weighted by atomic mass is 16.1. The quantitative estimate of drug-likeness (QED) is 0.707. The van der Waals surface area contributed by atoms with Crippen LogP contribution in [0.3, 0.4) is 0 Å². The third kappa shape index (κ3) is 2.25. The Kier molecular flexibility index (Phi) is 3.49. The number of amidine groups is 1. The van der Waals surface area contributed by atoms with Crippen molar-refractivity contribution in [2.45, 2.75) is 39.2 Å². The minimum atomic E-state index is -0.313. The van der Waals surface area contributed by atoms with Crippen LogP contribution in [0.2, 0.25) is 0 Å². The number of piperidine rings is 1. The van der Waals surface area contributed by atoms with E-state index in [9.17, 15) is 4.79 Å². The van der Waals surface area contributed by atoms with Crippen molar-refractivity contribution in [3.8, 4) is 0 Å². The predicted octanol–water partition coefficient (Wildman–Crippen LogP) is 0.959. The van der Waals surface area contributed by atoms with E-state index in [-0.39, 0.29) is 17.9 Å². The summed E-state index contributed by atoms with van der Waals surface area (Å²) in [6.45, 7) is 4.74. The summed E-state index contributed by atoms with van der Waals surface area (Å²) in [6, 6.07) is -0.303. The fourth-order valence-electron chi connectivity index (χ4n) is 2.00. The van der Waals surface area contributed by atoms with Crippen molar-refractivity contribution >= 4 is 11.7 Å². The smallest absolute Gasteiger partial charge is 0.240 e. The Labute approximate surface area is 85.0 Å². The zero-order valence-corrected chi connectivity index (χ0v) is 8.92. The maximum absolute atomic E-state index is 11.3. The van der Waals surface area contributed by atoms with Gasteiger partial charge < -0.3 is 10.6 Å². The van der Waals surface area contributed by atoms with Crippen LogP contribution >= 0.6 is 0 Å². The third-order valence-corrected chi connectivity index (χ3v) is 2.67. The number of amides is 1. The molecule has 0 aromatic carbocycles. The van der Waals surface area contributed by atoms with Gasteiger partial charge >= 0.3 is 0 Å². The number of rotatable bonds is 3. The lowest BCUT2D eigenvalue weighted by atomic mass is 9.98. The van der Waals surface area contributed by atoms with Crippen LogP contribution in [0.25, 0.3) is 0 Å². The molecule has 1 atom stereocenters. The van der Waals surface area contributed by atoms with E-state index in [1.165, 1.54) is 0 Å². The summed E-state index contributed by atoms with van der Waals surface area (Å²) >= 11 is 0. The van der Waals surface area contributed by atoms with Crippen LogP contribution in [-0.4, -0.2) is 29.2 Å². The van der Waals surface area contributed by atoms with Crippen LogP contribution in [-0.2, 0) is 4.79 Å². The molecule has 14 heavy (non-hydrogen) atoms. The van der Waals surface area contributed by atoms with E-state index in [0.717, 1.165) is 25.8 Å². The van der Waals surface area contributed by atoms with Crippen molar-refractivity contribution in [1.82, 2.24) is 4.90 Å². The maximum Gasteiger partial charge on any atom is 0.240 e. The van der Waals surface area contributed by atoms with Crippen molar-refractivity contribution in [3.05, 3.63) is 0 Å². The monoisotopic (exact) mass is 197 g/mol. The predicted molar refractivity (Wildman–Crippen MR) is 56.1 cm³/mol. The highest BCUT2D eigenvalue weighted by molar-refractivity contribution is 5.88. The Balaban J connectivity index is 2.75. The molecule has 1 amide bonds. The summed E-state index contributed by atoms with van der Waals surface area (Å²) < 4.78 is 0. The van der Waals surface area contributed by atoms with Gasteiger partial charge in [-0.25, -0.2) is 0 Å². The third-order valence-electron chi connectivity index (χ3n) is 2.67. The second-order valence-corrected chi connectivity index (χ2v) is 4.19. The first kappa shape index (κ1) is 11.0. The summed E-state index contributed by atoms with van der Waals surface area (Å²) in [6.07, 6.45) is 2.88. The number of nitrogens with one attached hydrogen (secondary N) is 1. The van der Waals surface area contributed by atoms with Crippen LogP contribution in [0.15, 0.2) is 0 Å². The molecule has 1 heterocycles. The minimum Gasteiger partial charge on any atom is -0.368 e. The van der Waals surface area contributed by atoms with E-state index in [1.54, 1.807) is 0 Å². The second-order valence-electron chi connectivity index (χ2n) is 4.19. The molecule has 3 N–H and O–H groups in total. The van der Waals surface area contributed by atoms with Crippen LogP contribution in [0, 0.1) is 11.3 Å². The summed E-state index contributed by atoms with van der Waals surface area (Å²) in [5, 5.41) is 7.78. The van der Waals surface area contributed by atoms with Gasteiger partial charge in [-0.05, 0) is 18.8 Å². The molecule has 0 bridgehead atoms. The van der Waals surface area contributed by atoms with Crippen LogP contribution in [0.5, 0.6) is 0 Å². The maximum atomic E-state index is 11.3. The lowest BCUT2D eigenvalue weighted by Crippen LogP contribution is -2.52. The number of nitrogens with zero attached hydrogens (tertiary/aromatic N) is 1. The number of carbonyl (C=O) groups is 1. The van der Waals surface area contributed by atoms with E-state index < -0.39 is 0 Å². The zero-order valence-electron chi connectivity index (χ0n) is 8.92. The van der Waals surface area contributed by atoms with Crippen LogP contribution < -0.4 is 5.73 Å². The van der Waals surface area contributed by atoms with E-state index in [1.807, 2.05) is 18.7 Å². The molecular weight excluding hydrogens is 178 g/mol. The van der Waals surface area contributed by atoms with Crippen molar-refractivity contribution in [1.29, 1.82) is 5.41 Å². The number of likely N-dealkylation sites (tertiary alicyclic amines) is 1. The normalized spacial score (nSPS) is 19.9. The molecule has 1 unspecified atom stereocenters. The van der Waals surface area contributed by atoms with Gasteiger partial charge in [-0.15, -0.1) is 0 Å². The molecule has 0 aliphatic carbocycles. The fourth-order valence-corrected chi connectivity index (χ4v) is 2.00. The van der Waals surface area contributed by atoms with E-state index in [0.29, 0.717) is 5.84 Å². The molecule has 0 aromatic rings. The molecule has 0 aromatic heterocycles. The highest BCUT2D eigenvalue weighted by Gasteiger charge is 2.29. The molecule has 1 aliphatic rings. The lowest BCUT2D eigenvalue weighted by Gasteiger charge is -2.36. The number of hydrogen-bond donors (Lipinski definition) is 2. The average Bonchev–Trinajstić information content (AvgIpc) is 2.07. The Hall–Kier alpha value is -1.06. The van der Waals surface area contributed by atoms with Gasteiger partial charge in [-0.1, -0.05) is 13.8 Å². The average molecular weight is 197 g/mol. The van der Waals surface area contributed by atoms with Crippen molar-refractivity contribution in [3.63, 3.8) is 0 Å². The molecule has 1 fully saturated rings. The van der Waals surface area contributed by atoms with Gasteiger partial charge in [0, 0.05) is 13.0 Å². The van der Waals surface area contributed by atoms with Crippen LogP contribution in [0.1, 0.15) is 33.1 Å². The number of carbonyl (C=O) groups excluding carboxylic acids is 1. The Bertz CT molecular complexity index is 238. The molecule has 80 valence electrons. The van der Waals surface area contributed by atoms with E-state index in [2.05, 4.69) is 0 Å². The largest absolute Gasteiger partial charge is 0.368 e. The van der Waals surface area contributed by atoms with Crippen molar-refractivity contribution in [2.75, 3.05) is 6.54 Å². The Morgan fingerprint density at radius 1 is 1.50 bits per heavy atom. The van der Waals surface area contributed by atoms with E-state index in [4.69, 9.17) is 11.1 Å². The molecular formula is C10H19N3O. The number of primary amides is 1. The van der Waals surface area contributed by atoms with Gasteiger partial charge in [-0.2, -0.15) is 0 Å². The first-order valence-corrected chi connectivity index (χ1v) is 5.17. The molecule has 1 saturated heterocycles. The van der Waals surface area contributed by atoms with Gasteiger partial charge in [0.15, 0.2) is 0 Å². The van der Waals surface area contributed by atoms with Crippen molar-refractivity contribution < 1.29 is 4.79 Å².